The Morgan fingerprint density at radius 3 is 2.49 bits per heavy atom. The molecule has 0 aliphatic heterocycles. The summed E-state index contributed by atoms with van der Waals surface area (Å²) in [6.07, 6.45) is -3.03. The second-order valence-corrected chi connectivity index (χ2v) is 7.77. The molecule has 1 aromatic heterocycles. The first kappa shape index (κ1) is 23.8. The smallest absolute Gasteiger partial charge is 0.418 e. The van der Waals surface area contributed by atoms with Crippen LogP contribution in [-0.2, 0) is 22.3 Å². The highest BCUT2D eigenvalue weighted by atomic mass is 19.4. The lowest BCUT2D eigenvalue weighted by Gasteiger charge is -2.15. The fraction of sp³-hybridized carbons (Fsp3) is 0.143. The molecule has 0 atom stereocenters. The van der Waals surface area contributed by atoms with Crippen LogP contribution in [0.25, 0.3) is 22.0 Å². The molecular weight excluding hydrogens is 455 g/mol. The zero-order valence-corrected chi connectivity index (χ0v) is 18.9. The van der Waals surface area contributed by atoms with Gasteiger partial charge in [0.1, 0.15) is 12.4 Å². The van der Waals surface area contributed by atoms with Crippen LogP contribution in [-0.4, -0.2) is 18.1 Å². The number of aryl methyl sites for hydroxylation is 1. The summed E-state index contributed by atoms with van der Waals surface area (Å²) in [7, 11) is 1.27. The van der Waals surface area contributed by atoms with E-state index in [0.717, 1.165) is 22.8 Å². The van der Waals surface area contributed by atoms with Crippen molar-refractivity contribution in [2.45, 2.75) is 19.7 Å². The van der Waals surface area contributed by atoms with Gasteiger partial charge in [0.2, 0.25) is 0 Å². The quantitative estimate of drug-likeness (QED) is 0.256. The number of esters is 1. The number of benzene rings is 3. The van der Waals surface area contributed by atoms with Gasteiger partial charge in [-0.3, -0.25) is 4.98 Å². The Labute approximate surface area is 200 Å². The van der Waals surface area contributed by atoms with Crippen LogP contribution in [0.3, 0.4) is 0 Å². The Hall–Kier alpha value is -4.31. The molecule has 0 fully saturated rings. The molecule has 0 radical (unpaired) electrons. The molecule has 4 nitrogen and oxygen atoms in total. The van der Waals surface area contributed by atoms with Gasteiger partial charge >= 0.3 is 12.1 Å². The zero-order valence-electron chi connectivity index (χ0n) is 18.9. The lowest BCUT2D eigenvalue weighted by molar-refractivity contribution is -0.136. The number of hydrogen-bond donors (Lipinski definition) is 0. The Bertz CT molecular complexity index is 1450. The number of halogens is 3. The summed E-state index contributed by atoms with van der Waals surface area (Å²) in [5.74, 6) is 5.05. The van der Waals surface area contributed by atoms with E-state index in [1.165, 1.54) is 19.4 Å². The third kappa shape index (κ3) is 5.44. The number of pyridine rings is 1. The number of ether oxygens (including phenoxy) is 2. The monoisotopic (exact) mass is 475 g/mol. The Morgan fingerprint density at radius 1 is 1.03 bits per heavy atom. The number of carbonyl (C=O) groups excluding carboxylic acids is 1. The number of aromatic nitrogens is 1. The van der Waals surface area contributed by atoms with Gasteiger partial charge in [0.15, 0.2) is 0 Å². The third-order valence-electron chi connectivity index (χ3n) is 5.37. The van der Waals surface area contributed by atoms with E-state index in [0.29, 0.717) is 22.3 Å². The van der Waals surface area contributed by atoms with E-state index in [2.05, 4.69) is 21.6 Å². The van der Waals surface area contributed by atoms with Crippen molar-refractivity contribution in [2.24, 2.45) is 0 Å². The van der Waals surface area contributed by atoms with E-state index < -0.39 is 17.7 Å². The minimum absolute atomic E-state index is 0.0812. The predicted molar refractivity (Wildman–Crippen MR) is 127 cm³/mol. The summed E-state index contributed by atoms with van der Waals surface area (Å²) < 4.78 is 51.0. The van der Waals surface area contributed by atoms with Gasteiger partial charge in [-0.2, -0.15) is 13.2 Å². The van der Waals surface area contributed by atoms with Crippen LogP contribution in [0.2, 0.25) is 0 Å². The van der Waals surface area contributed by atoms with Crippen molar-refractivity contribution in [3.63, 3.8) is 0 Å². The maximum absolute atomic E-state index is 13.5. The molecule has 4 rings (SSSR count). The van der Waals surface area contributed by atoms with Crippen LogP contribution < -0.4 is 4.74 Å². The molecule has 3 aromatic carbocycles. The number of carbonyl (C=O) groups is 1. The standard InChI is InChI=1S/C28H20F3NO3/c1-18-16-32-27-23(7-4-8-24(27)28(29,30)31)26(18)21-5-3-6-22(15-21)35-17-20-11-9-19(10-12-20)13-14-25(33)34-2/h3-12,15-16H,17H2,1-2H3. The Kier molecular flexibility index (Phi) is 6.74. The van der Waals surface area contributed by atoms with Crippen molar-refractivity contribution in [1.82, 2.24) is 4.98 Å². The van der Waals surface area contributed by atoms with Crippen LogP contribution >= 0.6 is 0 Å². The van der Waals surface area contributed by atoms with Crippen LogP contribution in [0, 0.1) is 18.8 Å². The number of alkyl halides is 3. The van der Waals surface area contributed by atoms with Gasteiger partial charge in [-0.15, -0.1) is 0 Å². The molecule has 7 heteroatoms. The van der Waals surface area contributed by atoms with Gasteiger partial charge in [-0.25, -0.2) is 4.79 Å². The molecule has 0 amide bonds. The molecule has 0 saturated heterocycles. The van der Waals surface area contributed by atoms with Gasteiger partial charge in [-0.05, 0) is 59.5 Å². The highest BCUT2D eigenvalue weighted by Crippen LogP contribution is 2.38. The van der Waals surface area contributed by atoms with Crippen LogP contribution in [0.15, 0.2) is 72.9 Å². The molecule has 0 unspecified atom stereocenters. The number of hydrogen-bond acceptors (Lipinski definition) is 4. The molecule has 0 spiro atoms. The molecule has 4 aromatic rings. The van der Waals surface area contributed by atoms with Crippen molar-refractivity contribution >= 4 is 16.9 Å². The largest absolute Gasteiger partial charge is 0.489 e. The van der Waals surface area contributed by atoms with E-state index in [4.69, 9.17) is 4.74 Å². The molecule has 0 aliphatic rings. The van der Waals surface area contributed by atoms with E-state index >= 15 is 0 Å². The van der Waals surface area contributed by atoms with Gasteiger partial charge < -0.3 is 9.47 Å². The minimum atomic E-state index is -4.50. The van der Waals surface area contributed by atoms with Crippen molar-refractivity contribution in [3.8, 4) is 28.7 Å². The van der Waals surface area contributed by atoms with Crippen molar-refractivity contribution in [2.75, 3.05) is 7.11 Å². The predicted octanol–water partition coefficient (Wildman–Crippen LogP) is 6.33. The molecular formula is C28H20F3NO3. The molecule has 0 N–H and O–H groups in total. The fourth-order valence-corrected chi connectivity index (χ4v) is 3.70. The average molecular weight is 475 g/mol. The second kappa shape index (κ2) is 9.90. The van der Waals surface area contributed by atoms with Crippen LogP contribution in [0.1, 0.15) is 22.3 Å². The van der Waals surface area contributed by atoms with Crippen molar-refractivity contribution < 1.29 is 27.4 Å². The van der Waals surface area contributed by atoms with Crippen molar-refractivity contribution in [3.05, 3.63) is 95.2 Å². The summed E-state index contributed by atoms with van der Waals surface area (Å²) in [5, 5.41) is 0.431. The third-order valence-corrected chi connectivity index (χ3v) is 5.37. The summed E-state index contributed by atoms with van der Waals surface area (Å²) in [4.78, 5) is 15.2. The van der Waals surface area contributed by atoms with E-state index in [1.54, 1.807) is 36.4 Å². The van der Waals surface area contributed by atoms with Gasteiger partial charge in [0, 0.05) is 23.1 Å². The molecule has 1 heterocycles. The van der Waals surface area contributed by atoms with Gasteiger partial charge in [-0.1, -0.05) is 42.3 Å². The zero-order chi connectivity index (χ0) is 25.0. The number of nitrogens with zero attached hydrogens (tertiary/aromatic N) is 1. The molecule has 35 heavy (non-hydrogen) atoms. The van der Waals surface area contributed by atoms with Gasteiger partial charge in [0.05, 0.1) is 18.2 Å². The lowest BCUT2D eigenvalue weighted by Crippen LogP contribution is -2.07. The Morgan fingerprint density at radius 2 is 1.77 bits per heavy atom. The first-order valence-electron chi connectivity index (χ1n) is 10.6. The maximum atomic E-state index is 13.5. The Balaban J connectivity index is 1.59. The number of methoxy groups -OCH3 is 1. The summed E-state index contributed by atoms with van der Waals surface area (Å²) in [6, 6.07) is 18.5. The maximum Gasteiger partial charge on any atom is 0.418 e. The molecule has 176 valence electrons. The summed E-state index contributed by atoms with van der Waals surface area (Å²) in [6.45, 7) is 2.10. The number of fused-ring (bicyclic) bond motifs is 1. The molecule has 0 aliphatic carbocycles. The minimum Gasteiger partial charge on any atom is -0.489 e. The first-order chi connectivity index (χ1) is 16.8. The highest BCUT2D eigenvalue weighted by Gasteiger charge is 2.33. The van der Waals surface area contributed by atoms with E-state index in [9.17, 15) is 18.0 Å². The van der Waals surface area contributed by atoms with Crippen LogP contribution in [0.4, 0.5) is 13.2 Å². The van der Waals surface area contributed by atoms with E-state index in [1.807, 2.05) is 25.1 Å². The summed E-state index contributed by atoms with van der Waals surface area (Å²) in [5.41, 5.74) is 2.89. The first-order valence-corrected chi connectivity index (χ1v) is 10.6. The second-order valence-electron chi connectivity index (χ2n) is 7.77. The topological polar surface area (TPSA) is 48.4 Å². The van der Waals surface area contributed by atoms with Crippen LogP contribution in [0.5, 0.6) is 5.75 Å². The number of para-hydroxylation sites is 1. The fourth-order valence-electron chi connectivity index (χ4n) is 3.70. The average Bonchev–Trinajstić information content (AvgIpc) is 2.85. The van der Waals surface area contributed by atoms with E-state index in [-0.39, 0.29) is 12.1 Å². The van der Waals surface area contributed by atoms with Crippen molar-refractivity contribution in [1.29, 1.82) is 0 Å². The SMILES string of the molecule is COC(=O)C#Cc1ccc(COc2cccc(-c3c(C)cnc4c(C(F)(F)F)cccc34)c2)cc1. The normalized spacial score (nSPS) is 11.0. The molecule has 0 saturated carbocycles. The summed E-state index contributed by atoms with van der Waals surface area (Å²) >= 11 is 0. The highest BCUT2D eigenvalue weighted by molar-refractivity contribution is 5.97. The van der Waals surface area contributed by atoms with Gasteiger partial charge in [0.25, 0.3) is 0 Å². The molecule has 0 bridgehead atoms. The number of rotatable bonds is 4. The lowest BCUT2D eigenvalue weighted by atomic mass is 9.95.